The summed E-state index contributed by atoms with van der Waals surface area (Å²) in [5, 5.41) is 17.9. The van der Waals surface area contributed by atoms with Crippen LogP contribution in [0.5, 0.6) is 0 Å². The number of benzene rings is 1. The summed E-state index contributed by atoms with van der Waals surface area (Å²) < 4.78 is 0.874. The Balaban J connectivity index is 2.23. The summed E-state index contributed by atoms with van der Waals surface area (Å²) in [5.41, 5.74) is 1.35. The van der Waals surface area contributed by atoms with Crippen LogP contribution in [0.2, 0.25) is 0 Å². The highest BCUT2D eigenvalue weighted by molar-refractivity contribution is 9.10. The average molecular weight is 253 g/mol. The highest BCUT2D eigenvalue weighted by Gasteiger charge is 2.42. The van der Waals surface area contributed by atoms with Crippen molar-refractivity contribution in [2.24, 2.45) is 0 Å². The number of nitrogens with zero attached hydrogens (tertiary/aromatic N) is 1. The van der Waals surface area contributed by atoms with Gasteiger partial charge < -0.3 is 5.11 Å². The molecule has 4 heteroatoms. The van der Waals surface area contributed by atoms with Gasteiger partial charge in [-0.15, -0.1) is 0 Å². The van der Waals surface area contributed by atoms with Crippen molar-refractivity contribution in [2.45, 2.75) is 18.4 Å². The van der Waals surface area contributed by atoms with Gasteiger partial charge in [0.25, 0.3) is 0 Å². The van der Waals surface area contributed by atoms with Gasteiger partial charge in [-0.1, -0.05) is 6.07 Å². The SMILES string of the molecule is OC1(c2ccc3n[nH]c(Br)c3c2)CC1. The molecule has 1 saturated carbocycles. The molecule has 1 aromatic carbocycles. The molecular formula is C10H9BrN2O. The van der Waals surface area contributed by atoms with Gasteiger partial charge >= 0.3 is 0 Å². The second-order valence-corrected chi connectivity index (χ2v) is 4.59. The lowest BCUT2D eigenvalue weighted by Crippen LogP contribution is -2.03. The summed E-state index contributed by atoms with van der Waals surface area (Å²) in [4.78, 5) is 0. The van der Waals surface area contributed by atoms with E-state index in [-0.39, 0.29) is 0 Å². The molecule has 14 heavy (non-hydrogen) atoms. The molecule has 1 aromatic heterocycles. The molecule has 3 rings (SSSR count). The molecule has 2 N–H and O–H groups in total. The number of aromatic amines is 1. The topological polar surface area (TPSA) is 48.9 Å². The number of aromatic nitrogens is 2. The maximum absolute atomic E-state index is 9.94. The van der Waals surface area contributed by atoms with E-state index >= 15 is 0 Å². The monoisotopic (exact) mass is 252 g/mol. The molecule has 0 amide bonds. The van der Waals surface area contributed by atoms with Crippen LogP contribution in [0.15, 0.2) is 22.8 Å². The highest BCUT2D eigenvalue weighted by Crippen LogP contribution is 2.46. The number of hydrogen-bond donors (Lipinski definition) is 2. The van der Waals surface area contributed by atoms with Crippen molar-refractivity contribution in [1.82, 2.24) is 10.2 Å². The second kappa shape index (κ2) is 2.58. The first-order valence-electron chi connectivity index (χ1n) is 4.55. The molecule has 0 unspecified atom stereocenters. The van der Waals surface area contributed by atoms with Gasteiger partial charge in [0.2, 0.25) is 0 Å². The van der Waals surface area contributed by atoms with Gasteiger partial charge in [0.05, 0.1) is 11.1 Å². The first-order chi connectivity index (χ1) is 6.69. The highest BCUT2D eigenvalue weighted by atomic mass is 79.9. The van der Waals surface area contributed by atoms with E-state index in [9.17, 15) is 5.11 Å². The van der Waals surface area contributed by atoms with E-state index in [1.807, 2.05) is 18.2 Å². The van der Waals surface area contributed by atoms with E-state index in [4.69, 9.17) is 0 Å². The average Bonchev–Trinajstić information content (AvgIpc) is 2.84. The van der Waals surface area contributed by atoms with Crippen molar-refractivity contribution >= 4 is 26.8 Å². The normalized spacial score (nSPS) is 18.7. The molecule has 0 spiro atoms. The van der Waals surface area contributed by atoms with Gasteiger partial charge in [-0.3, -0.25) is 5.10 Å². The number of aliphatic hydroxyl groups is 1. The lowest BCUT2D eigenvalue weighted by atomic mass is 10.1. The number of rotatable bonds is 1. The fourth-order valence-corrected chi connectivity index (χ4v) is 2.08. The van der Waals surface area contributed by atoms with E-state index in [2.05, 4.69) is 26.1 Å². The van der Waals surface area contributed by atoms with Crippen LogP contribution in [0.3, 0.4) is 0 Å². The Morgan fingerprint density at radius 2 is 2.21 bits per heavy atom. The fraction of sp³-hybridized carbons (Fsp3) is 0.300. The number of fused-ring (bicyclic) bond motifs is 1. The van der Waals surface area contributed by atoms with Crippen molar-refractivity contribution in [3.8, 4) is 0 Å². The molecular weight excluding hydrogens is 244 g/mol. The molecule has 0 saturated heterocycles. The Morgan fingerprint density at radius 3 is 2.93 bits per heavy atom. The maximum atomic E-state index is 9.94. The molecule has 1 heterocycles. The minimum Gasteiger partial charge on any atom is -0.385 e. The Hall–Kier alpha value is -0.870. The van der Waals surface area contributed by atoms with E-state index in [1.54, 1.807) is 0 Å². The fourth-order valence-electron chi connectivity index (χ4n) is 1.68. The Bertz CT molecular complexity index is 502. The van der Waals surface area contributed by atoms with Crippen LogP contribution in [-0.2, 0) is 5.60 Å². The van der Waals surface area contributed by atoms with Crippen LogP contribution in [-0.4, -0.2) is 15.3 Å². The van der Waals surface area contributed by atoms with Gasteiger partial charge in [-0.25, -0.2) is 0 Å². The molecule has 0 aliphatic heterocycles. The largest absolute Gasteiger partial charge is 0.385 e. The number of nitrogens with one attached hydrogen (secondary N) is 1. The van der Waals surface area contributed by atoms with Crippen LogP contribution in [0.4, 0.5) is 0 Å². The molecule has 1 aliphatic carbocycles. The van der Waals surface area contributed by atoms with Crippen molar-refractivity contribution in [2.75, 3.05) is 0 Å². The zero-order valence-electron chi connectivity index (χ0n) is 7.42. The zero-order valence-corrected chi connectivity index (χ0v) is 9.00. The third-order valence-electron chi connectivity index (χ3n) is 2.77. The first-order valence-corrected chi connectivity index (χ1v) is 5.35. The minimum absolute atomic E-state index is 0.565. The maximum Gasteiger partial charge on any atom is 0.108 e. The van der Waals surface area contributed by atoms with Crippen LogP contribution >= 0.6 is 15.9 Å². The molecule has 1 aliphatic rings. The Morgan fingerprint density at radius 1 is 1.43 bits per heavy atom. The van der Waals surface area contributed by atoms with Crippen molar-refractivity contribution < 1.29 is 5.11 Å². The zero-order chi connectivity index (χ0) is 9.76. The van der Waals surface area contributed by atoms with Crippen LogP contribution in [0.25, 0.3) is 10.9 Å². The lowest BCUT2D eigenvalue weighted by molar-refractivity contribution is 0.151. The molecule has 1 fully saturated rings. The van der Waals surface area contributed by atoms with Crippen molar-refractivity contribution in [3.05, 3.63) is 28.4 Å². The molecule has 0 bridgehead atoms. The molecule has 2 aromatic rings. The van der Waals surface area contributed by atoms with Crippen LogP contribution in [0, 0.1) is 0 Å². The van der Waals surface area contributed by atoms with Gasteiger partial charge in [0.15, 0.2) is 0 Å². The van der Waals surface area contributed by atoms with Crippen molar-refractivity contribution in [1.29, 1.82) is 0 Å². The molecule has 0 radical (unpaired) electrons. The van der Waals surface area contributed by atoms with Crippen LogP contribution in [0.1, 0.15) is 18.4 Å². The smallest absolute Gasteiger partial charge is 0.108 e. The van der Waals surface area contributed by atoms with Gasteiger partial charge in [0, 0.05) is 5.39 Å². The predicted octanol–water partition coefficient (Wildman–Crippen LogP) is 2.31. The van der Waals surface area contributed by atoms with Gasteiger partial charge in [0.1, 0.15) is 4.60 Å². The summed E-state index contributed by atoms with van der Waals surface area (Å²) in [5.74, 6) is 0. The second-order valence-electron chi connectivity index (χ2n) is 3.80. The number of hydrogen-bond acceptors (Lipinski definition) is 2. The summed E-state index contributed by atoms with van der Waals surface area (Å²) in [6, 6.07) is 5.88. The molecule has 0 atom stereocenters. The van der Waals surface area contributed by atoms with E-state index in [0.717, 1.165) is 33.9 Å². The van der Waals surface area contributed by atoms with E-state index in [0.29, 0.717) is 0 Å². The number of halogens is 1. The van der Waals surface area contributed by atoms with Gasteiger partial charge in [-0.2, -0.15) is 5.10 Å². The van der Waals surface area contributed by atoms with Crippen molar-refractivity contribution in [3.63, 3.8) is 0 Å². The van der Waals surface area contributed by atoms with Gasteiger partial charge in [-0.05, 0) is 46.5 Å². The standard InChI is InChI=1S/C10H9BrN2O/c11-9-7-5-6(10(14)3-4-10)1-2-8(7)12-13-9/h1-2,5,14H,3-4H2,(H,12,13). The third-order valence-corrected chi connectivity index (χ3v) is 3.37. The summed E-state index contributed by atoms with van der Waals surface area (Å²) in [6.45, 7) is 0. The minimum atomic E-state index is -0.565. The summed E-state index contributed by atoms with van der Waals surface area (Å²) in [7, 11) is 0. The van der Waals surface area contributed by atoms with E-state index in [1.165, 1.54) is 0 Å². The first kappa shape index (κ1) is 8.44. The van der Waals surface area contributed by atoms with Crippen LogP contribution < -0.4 is 0 Å². The predicted molar refractivity (Wildman–Crippen MR) is 56.9 cm³/mol. The quantitative estimate of drug-likeness (QED) is 0.819. The Labute approximate surface area is 89.3 Å². The number of H-pyrrole nitrogens is 1. The summed E-state index contributed by atoms with van der Waals surface area (Å²) >= 11 is 3.39. The Kier molecular flexibility index (Phi) is 1.56. The van der Waals surface area contributed by atoms with E-state index < -0.39 is 5.60 Å². The molecule has 3 nitrogen and oxygen atoms in total. The third kappa shape index (κ3) is 1.11. The summed E-state index contributed by atoms with van der Waals surface area (Å²) in [6.07, 6.45) is 1.74. The molecule has 72 valence electrons. The lowest BCUT2D eigenvalue weighted by Gasteiger charge is -2.06.